The second-order valence-electron chi connectivity index (χ2n) is 7.16. The predicted molar refractivity (Wildman–Crippen MR) is 133 cm³/mol. The Bertz CT molecular complexity index is 1140. The quantitative estimate of drug-likeness (QED) is 0.336. The van der Waals surface area contributed by atoms with Crippen molar-refractivity contribution in [2.24, 2.45) is 0 Å². The van der Waals surface area contributed by atoms with Crippen molar-refractivity contribution in [3.05, 3.63) is 83.9 Å². The maximum Gasteiger partial charge on any atom is 0.257 e. The van der Waals surface area contributed by atoms with Crippen molar-refractivity contribution in [3.63, 3.8) is 0 Å². The van der Waals surface area contributed by atoms with Gasteiger partial charge in [0.25, 0.3) is 5.91 Å². The normalized spacial score (nSPS) is 10.1. The Morgan fingerprint density at radius 2 is 1.55 bits per heavy atom. The zero-order chi connectivity index (χ0) is 23.6. The van der Waals surface area contributed by atoms with Gasteiger partial charge >= 0.3 is 0 Å². The molecule has 3 N–H and O–H groups in total. The fraction of sp³-hybridized carbons (Fsp3) is 0.160. The fourth-order valence-corrected chi connectivity index (χ4v) is 3.14. The first-order valence-corrected chi connectivity index (χ1v) is 10.7. The van der Waals surface area contributed by atoms with Crippen molar-refractivity contribution >= 4 is 40.5 Å². The zero-order valence-corrected chi connectivity index (χ0v) is 19.2. The lowest BCUT2D eigenvalue weighted by molar-refractivity contribution is -0.114. The van der Waals surface area contributed by atoms with Crippen molar-refractivity contribution in [1.82, 2.24) is 5.32 Å². The molecule has 0 heterocycles. The highest BCUT2D eigenvalue weighted by molar-refractivity contribution is 7.80. The fourth-order valence-electron chi connectivity index (χ4n) is 2.92. The van der Waals surface area contributed by atoms with Crippen molar-refractivity contribution < 1.29 is 19.1 Å². The molecule has 2 amide bonds. The Morgan fingerprint density at radius 3 is 2.27 bits per heavy atom. The van der Waals surface area contributed by atoms with Crippen LogP contribution in [0.25, 0.3) is 0 Å². The topological polar surface area (TPSA) is 88.7 Å². The molecule has 8 heteroatoms. The number of benzene rings is 3. The van der Waals surface area contributed by atoms with E-state index >= 15 is 0 Å². The summed E-state index contributed by atoms with van der Waals surface area (Å²) < 4.78 is 11.3. The smallest absolute Gasteiger partial charge is 0.257 e. The van der Waals surface area contributed by atoms with Crippen LogP contribution in [0.3, 0.4) is 0 Å². The van der Waals surface area contributed by atoms with Gasteiger partial charge in [-0.3, -0.25) is 14.9 Å². The zero-order valence-electron chi connectivity index (χ0n) is 18.4. The van der Waals surface area contributed by atoms with Crippen LogP contribution in [0.2, 0.25) is 0 Å². The molecule has 0 aliphatic rings. The van der Waals surface area contributed by atoms with Crippen LogP contribution in [0.15, 0.2) is 72.8 Å². The van der Waals surface area contributed by atoms with Gasteiger partial charge in [-0.1, -0.05) is 30.3 Å². The molecule has 0 fully saturated rings. The summed E-state index contributed by atoms with van der Waals surface area (Å²) in [5.41, 5.74) is 2.63. The highest BCUT2D eigenvalue weighted by atomic mass is 32.1. The van der Waals surface area contributed by atoms with Gasteiger partial charge < -0.3 is 20.1 Å². The van der Waals surface area contributed by atoms with E-state index in [0.29, 0.717) is 35.9 Å². The Hall–Kier alpha value is -3.91. The summed E-state index contributed by atoms with van der Waals surface area (Å²) in [6.07, 6.45) is 0. The van der Waals surface area contributed by atoms with Crippen LogP contribution in [-0.4, -0.2) is 30.1 Å². The molecule has 0 unspecified atom stereocenters. The molecule has 170 valence electrons. The molecule has 0 saturated carbocycles. The summed E-state index contributed by atoms with van der Waals surface area (Å²) in [5, 5.41) is 8.50. The number of nitrogens with one attached hydrogen (secondary N) is 3. The van der Waals surface area contributed by atoms with Crippen LogP contribution in [0.4, 0.5) is 11.4 Å². The van der Waals surface area contributed by atoms with E-state index in [9.17, 15) is 9.59 Å². The molecule has 0 aliphatic heterocycles. The molecule has 0 atom stereocenters. The standard InChI is InChI=1S/C25H25N3O4S/c1-17-11-12-20(16-23(17)26-18(2)29)27-25(33)28-24(30)19-7-6-10-22(15-19)32-14-13-31-21-8-4-3-5-9-21/h3-12,15-16H,13-14H2,1-2H3,(H,26,29)(H2,27,28,30,33). The van der Waals surface area contributed by atoms with Crippen molar-refractivity contribution in [2.75, 3.05) is 23.8 Å². The minimum absolute atomic E-state index is 0.139. The predicted octanol–water partition coefficient (Wildman–Crippen LogP) is 4.54. The molecule has 0 radical (unpaired) electrons. The second kappa shape index (κ2) is 11.6. The third-order valence-corrected chi connectivity index (χ3v) is 4.70. The third-order valence-electron chi connectivity index (χ3n) is 4.49. The SMILES string of the molecule is CC(=O)Nc1cc(NC(=S)NC(=O)c2cccc(OCCOc3ccccc3)c2)ccc1C. The first kappa shape index (κ1) is 23.7. The molecule has 3 aromatic carbocycles. The maximum absolute atomic E-state index is 12.6. The molecule has 3 aromatic rings. The summed E-state index contributed by atoms with van der Waals surface area (Å²) in [6.45, 7) is 4.05. The first-order valence-electron chi connectivity index (χ1n) is 10.3. The van der Waals surface area contributed by atoms with Gasteiger partial charge in [-0.05, 0) is 67.2 Å². The van der Waals surface area contributed by atoms with Gasteiger partial charge in [-0.25, -0.2) is 0 Å². The van der Waals surface area contributed by atoms with Gasteiger partial charge in [-0.2, -0.15) is 0 Å². The van der Waals surface area contributed by atoms with E-state index in [1.165, 1.54) is 6.92 Å². The lowest BCUT2D eigenvalue weighted by Gasteiger charge is -2.13. The van der Waals surface area contributed by atoms with E-state index in [1.54, 1.807) is 30.3 Å². The summed E-state index contributed by atoms with van der Waals surface area (Å²) >= 11 is 5.26. The maximum atomic E-state index is 12.6. The van der Waals surface area contributed by atoms with Crippen molar-refractivity contribution in [1.29, 1.82) is 0 Å². The number of hydrogen-bond donors (Lipinski definition) is 3. The Balaban J connectivity index is 1.51. The van der Waals surface area contributed by atoms with E-state index < -0.39 is 0 Å². The number of hydrogen-bond acceptors (Lipinski definition) is 5. The second-order valence-corrected chi connectivity index (χ2v) is 7.57. The van der Waals surface area contributed by atoms with E-state index in [4.69, 9.17) is 21.7 Å². The van der Waals surface area contributed by atoms with Gasteiger partial charge in [0.15, 0.2) is 5.11 Å². The monoisotopic (exact) mass is 463 g/mol. The average molecular weight is 464 g/mol. The number of aryl methyl sites for hydroxylation is 1. The van der Waals surface area contributed by atoms with E-state index in [2.05, 4.69) is 16.0 Å². The summed E-state index contributed by atoms with van der Waals surface area (Å²) in [4.78, 5) is 23.9. The largest absolute Gasteiger partial charge is 0.490 e. The number of carbonyl (C=O) groups is 2. The van der Waals surface area contributed by atoms with Crippen LogP contribution >= 0.6 is 12.2 Å². The number of carbonyl (C=O) groups excluding carboxylic acids is 2. The number of para-hydroxylation sites is 1. The van der Waals surface area contributed by atoms with E-state index in [0.717, 1.165) is 11.3 Å². The molecule has 0 saturated heterocycles. The van der Waals surface area contributed by atoms with Gasteiger partial charge in [0.2, 0.25) is 5.91 Å². The van der Waals surface area contributed by atoms with Crippen LogP contribution in [-0.2, 0) is 4.79 Å². The van der Waals surface area contributed by atoms with Crippen molar-refractivity contribution in [2.45, 2.75) is 13.8 Å². The number of anilines is 2. The number of rotatable bonds is 8. The molecular formula is C25H25N3O4S. The molecule has 3 rings (SSSR count). The third kappa shape index (κ3) is 7.62. The molecule has 0 aromatic heterocycles. The van der Waals surface area contributed by atoms with Gasteiger partial charge in [0.1, 0.15) is 24.7 Å². The molecule has 33 heavy (non-hydrogen) atoms. The number of amides is 2. The summed E-state index contributed by atoms with van der Waals surface area (Å²) in [7, 11) is 0. The highest BCUT2D eigenvalue weighted by Gasteiger charge is 2.10. The van der Waals surface area contributed by atoms with Gasteiger partial charge in [-0.15, -0.1) is 0 Å². The lowest BCUT2D eigenvalue weighted by atomic mass is 10.2. The molecule has 7 nitrogen and oxygen atoms in total. The lowest BCUT2D eigenvalue weighted by Crippen LogP contribution is -2.34. The Labute approximate surface area is 198 Å². The molecule has 0 spiro atoms. The first-order chi connectivity index (χ1) is 15.9. The van der Waals surface area contributed by atoms with Gasteiger partial charge in [0.05, 0.1) is 0 Å². The van der Waals surface area contributed by atoms with E-state index in [1.807, 2.05) is 49.4 Å². The van der Waals surface area contributed by atoms with E-state index in [-0.39, 0.29) is 16.9 Å². The average Bonchev–Trinajstić information content (AvgIpc) is 2.79. The number of ether oxygens (including phenoxy) is 2. The van der Waals surface area contributed by atoms with Crippen LogP contribution in [0.5, 0.6) is 11.5 Å². The minimum Gasteiger partial charge on any atom is -0.490 e. The van der Waals surface area contributed by atoms with Gasteiger partial charge in [0, 0.05) is 23.9 Å². The molecule has 0 aliphatic carbocycles. The van der Waals surface area contributed by atoms with Crippen molar-refractivity contribution in [3.8, 4) is 11.5 Å². The number of thiocarbonyl (C=S) groups is 1. The van der Waals surface area contributed by atoms with Crippen LogP contribution < -0.4 is 25.4 Å². The summed E-state index contributed by atoms with van der Waals surface area (Å²) in [6, 6.07) is 21.7. The minimum atomic E-state index is -0.368. The molecular weight excluding hydrogens is 438 g/mol. The Morgan fingerprint density at radius 1 is 0.848 bits per heavy atom. The molecule has 0 bridgehead atoms. The highest BCUT2D eigenvalue weighted by Crippen LogP contribution is 2.20. The Kier molecular flexibility index (Phi) is 8.37. The summed E-state index contributed by atoms with van der Waals surface area (Å²) in [5.74, 6) is 0.789. The van der Waals surface area contributed by atoms with Crippen LogP contribution in [0.1, 0.15) is 22.8 Å². The van der Waals surface area contributed by atoms with Crippen LogP contribution in [0, 0.1) is 6.92 Å².